The molecule has 0 aromatic heterocycles. The van der Waals surface area contributed by atoms with Gasteiger partial charge in [0.2, 0.25) is 11.8 Å². The van der Waals surface area contributed by atoms with Crippen LogP contribution in [0.4, 0.5) is 11.4 Å². The highest BCUT2D eigenvalue weighted by Gasteiger charge is 2.19. The summed E-state index contributed by atoms with van der Waals surface area (Å²) < 4.78 is 0. The average molecular weight is 351 g/mol. The molecule has 2 amide bonds. The second-order valence-corrected chi connectivity index (χ2v) is 5.88. The van der Waals surface area contributed by atoms with E-state index < -0.39 is 0 Å². The number of carbonyl (C=O) groups excluding carboxylic acids is 2. The molecule has 0 heterocycles. The lowest BCUT2D eigenvalue weighted by molar-refractivity contribution is -0.120. The van der Waals surface area contributed by atoms with E-state index >= 15 is 0 Å². The smallest absolute Gasteiger partial charge is 0.244 e. The van der Waals surface area contributed by atoms with Crippen LogP contribution in [0.2, 0.25) is 10.0 Å². The zero-order valence-corrected chi connectivity index (χ0v) is 14.3. The quantitative estimate of drug-likeness (QED) is 0.893. The third-order valence-corrected chi connectivity index (χ3v) is 4.01. The Morgan fingerprint density at radius 2 is 1.83 bits per heavy atom. The van der Waals surface area contributed by atoms with Crippen molar-refractivity contribution in [3.8, 4) is 0 Å². The predicted molar refractivity (Wildman–Crippen MR) is 94.3 cm³/mol. The number of anilines is 2. The van der Waals surface area contributed by atoms with Crippen LogP contribution >= 0.6 is 23.2 Å². The summed E-state index contributed by atoms with van der Waals surface area (Å²) >= 11 is 12.1. The van der Waals surface area contributed by atoms with Gasteiger partial charge in [0.25, 0.3) is 0 Å². The van der Waals surface area contributed by atoms with Crippen molar-refractivity contribution in [2.24, 2.45) is 0 Å². The number of aryl methyl sites for hydroxylation is 1. The van der Waals surface area contributed by atoms with Crippen LogP contribution in [0.3, 0.4) is 0 Å². The molecule has 23 heavy (non-hydrogen) atoms. The molecule has 2 aromatic rings. The molecule has 0 aliphatic rings. The van der Waals surface area contributed by atoms with Gasteiger partial charge in [0.15, 0.2) is 0 Å². The molecule has 4 nitrogen and oxygen atoms in total. The predicted octanol–water partition coefficient (Wildman–Crippen LogP) is 4.29. The Hall–Kier alpha value is -2.04. The van der Waals surface area contributed by atoms with Crippen molar-refractivity contribution in [1.29, 1.82) is 0 Å². The van der Waals surface area contributed by atoms with Crippen LogP contribution in [0, 0.1) is 6.92 Å². The van der Waals surface area contributed by atoms with E-state index in [1.54, 1.807) is 24.3 Å². The van der Waals surface area contributed by atoms with E-state index in [1.807, 2.05) is 25.1 Å². The number of carbonyl (C=O) groups is 2. The summed E-state index contributed by atoms with van der Waals surface area (Å²) in [5, 5.41) is 3.33. The molecule has 2 rings (SSSR count). The normalized spacial score (nSPS) is 10.3. The summed E-state index contributed by atoms with van der Waals surface area (Å²) in [6, 6.07) is 12.4. The summed E-state index contributed by atoms with van der Waals surface area (Å²) in [6.07, 6.45) is 0. The van der Waals surface area contributed by atoms with E-state index in [9.17, 15) is 9.59 Å². The summed E-state index contributed by atoms with van der Waals surface area (Å²) in [7, 11) is 0. The van der Waals surface area contributed by atoms with E-state index in [0.29, 0.717) is 16.4 Å². The molecule has 6 heteroatoms. The lowest BCUT2D eigenvalue weighted by atomic mass is 10.2. The molecule has 120 valence electrons. The number of rotatable bonds is 4. The fourth-order valence-electron chi connectivity index (χ4n) is 2.13. The molecule has 0 saturated carbocycles. The van der Waals surface area contributed by atoms with Gasteiger partial charge in [-0.25, -0.2) is 0 Å². The van der Waals surface area contributed by atoms with Crippen LogP contribution in [0.1, 0.15) is 12.5 Å². The molecule has 0 aliphatic heterocycles. The van der Waals surface area contributed by atoms with Crippen molar-refractivity contribution in [2.75, 3.05) is 16.8 Å². The number of halogens is 2. The fraction of sp³-hybridized carbons (Fsp3) is 0.176. The maximum absolute atomic E-state index is 12.2. The van der Waals surface area contributed by atoms with E-state index in [2.05, 4.69) is 5.32 Å². The summed E-state index contributed by atoms with van der Waals surface area (Å²) in [4.78, 5) is 25.4. The van der Waals surface area contributed by atoms with Crippen molar-refractivity contribution in [2.45, 2.75) is 13.8 Å². The maximum Gasteiger partial charge on any atom is 0.244 e. The van der Waals surface area contributed by atoms with Gasteiger partial charge >= 0.3 is 0 Å². The van der Waals surface area contributed by atoms with Crippen molar-refractivity contribution < 1.29 is 9.59 Å². The first-order chi connectivity index (χ1) is 10.9. The molecule has 2 aromatic carbocycles. The van der Waals surface area contributed by atoms with Crippen molar-refractivity contribution >= 4 is 46.4 Å². The van der Waals surface area contributed by atoms with Gasteiger partial charge in [0, 0.05) is 12.6 Å². The lowest BCUT2D eigenvalue weighted by Gasteiger charge is -2.22. The van der Waals surface area contributed by atoms with Gasteiger partial charge in [-0.1, -0.05) is 41.4 Å². The second-order valence-electron chi connectivity index (χ2n) is 5.10. The Labute approximate surface area is 145 Å². The SMILES string of the molecule is CC(=O)N(CC(=O)Nc1cccc(C)c1)c1cccc(Cl)c1Cl. The third-order valence-electron chi connectivity index (χ3n) is 3.21. The van der Waals surface area contributed by atoms with Gasteiger partial charge in [-0.2, -0.15) is 0 Å². The van der Waals surface area contributed by atoms with Gasteiger partial charge in [0.05, 0.1) is 15.7 Å². The number of amides is 2. The van der Waals surface area contributed by atoms with Crippen molar-refractivity contribution in [1.82, 2.24) is 0 Å². The first-order valence-corrected chi connectivity index (χ1v) is 7.72. The first-order valence-electron chi connectivity index (χ1n) is 6.97. The van der Waals surface area contributed by atoms with Gasteiger partial charge in [-0.05, 0) is 36.8 Å². The Kier molecular flexibility index (Phi) is 5.64. The largest absolute Gasteiger partial charge is 0.325 e. The van der Waals surface area contributed by atoms with E-state index in [4.69, 9.17) is 23.2 Å². The number of hydrogen-bond acceptors (Lipinski definition) is 2. The number of hydrogen-bond donors (Lipinski definition) is 1. The van der Waals surface area contributed by atoms with Gasteiger partial charge < -0.3 is 10.2 Å². The Morgan fingerprint density at radius 3 is 2.48 bits per heavy atom. The van der Waals surface area contributed by atoms with Crippen LogP contribution < -0.4 is 10.2 Å². The first kappa shape index (κ1) is 17.3. The minimum Gasteiger partial charge on any atom is -0.325 e. The summed E-state index contributed by atoms with van der Waals surface area (Å²) in [5.74, 6) is -0.615. The van der Waals surface area contributed by atoms with Crippen LogP contribution in [0.5, 0.6) is 0 Å². The van der Waals surface area contributed by atoms with Crippen LogP contribution in [0.15, 0.2) is 42.5 Å². The van der Waals surface area contributed by atoms with Crippen LogP contribution in [-0.2, 0) is 9.59 Å². The molecule has 0 unspecified atom stereocenters. The van der Waals surface area contributed by atoms with E-state index in [-0.39, 0.29) is 23.4 Å². The van der Waals surface area contributed by atoms with Crippen molar-refractivity contribution in [3.05, 3.63) is 58.1 Å². The maximum atomic E-state index is 12.2. The fourth-order valence-corrected chi connectivity index (χ4v) is 2.53. The van der Waals surface area contributed by atoms with Gasteiger partial charge in [-0.3, -0.25) is 9.59 Å². The lowest BCUT2D eigenvalue weighted by Crippen LogP contribution is -2.36. The zero-order valence-electron chi connectivity index (χ0n) is 12.8. The molecule has 0 aliphatic carbocycles. The zero-order chi connectivity index (χ0) is 17.0. The molecule has 0 bridgehead atoms. The number of benzene rings is 2. The van der Waals surface area contributed by atoms with E-state index in [1.165, 1.54) is 11.8 Å². The monoisotopic (exact) mass is 350 g/mol. The average Bonchev–Trinajstić information content (AvgIpc) is 2.48. The molecule has 0 atom stereocenters. The highest BCUT2D eigenvalue weighted by Crippen LogP contribution is 2.32. The number of nitrogens with zero attached hydrogens (tertiary/aromatic N) is 1. The molecular weight excluding hydrogens is 335 g/mol. The van der Waals surface area contributed by atoms with Gasteiger partial charge in [0.1, 0.15) is 6.54 Å². The second kappa shape index (κ2) is 7.49. The van der Waals surface area contributed by atoms with E-state index in [0.717, 1.165) is 5.56 Å². The minimum atomic E-state index is -0.318. The molecule has 1 N–H and O–H groups in total. The topological polar surface area (TPSA) is 49.4 Å². The third kappa shape index (κ3) is 4.47. The Balaban J connectivity index is 2.18. The highest BCUT2D eigenvalue weighted by atomic mass is 35.5. The number of nitrogens with one attached hydrogen (secondary N) is 1. The molecule has 0 spiro atoms. The molecular formula is C17H16Cl2N2O2. The molecule has 0 fully saturated rings. The summed E-state index contributed by atoms with van der Waals surface area (Å²) in [6.45, 7) is 3.16. The standard InChI is InChI=1S/C17H16Cl2N2O2/c1-11-5-3-6-13(9-11)20-16(23)10-21(12(2)22)15-8-4-7-14(18)17(15)19/h3-9H,10H2,1-2H3,(H,20,23). The van der Waals surface area contributed by atoms with Crippen LogP contribution in [-0.4, -0.2) is 18.4 Å². The van der Waals surface area contributed by atoms with Crippen LogP contribution in [0.25, 0.3) is 0 Å². The van der Waals surface area contributed by atoms with Crippen molar-refractivity contribution in [3.63, 3.8) is 0 Å². The summed E-state index contributed by atoms with van der Waals surface area (Å²) in [5.41, 5.74) is 2.12. The van der Waals surface area contributed by atoms with Gasteiger partial charge in [-0.15, -0.1) is 0 Å². The molecule has 0 saturated heterocycles. The highest BCUT2D eigenvalue weighted by molar-refractivity contribution is 6.44. The Morgan fingerprint density at radius 1 is 1.13 bits per heavy atom. The molecule has 0 radical (unpaired) electrons. The minimum absolute atomic E-state index is 0.149. The Bertz CT molecular complexity index is 747.